The molecular formula is C40H34N6O4S2. The molecule has 52 heavy (non-hydrogen) atoms. The van der Waals surface area contributed by atoms with Crippen LogP contribution in [-0.4, -0.2) is 45.9 Å². The van der Waals surface area contributed by atoms with Gasteiger partial charge in [0.15, 0.2) is 0 Å². The lowest BCUT2D eigenvalue weighted by atomic mass is 10.0. The number of nitrogens with one attached hydrogen (secondary N) is 2. The van der Waals surface area contributed by atoms with Crippen LogP contribution in [0.5, 0.6) is 23.0 Å². The molecule has 0 radical (unpaired) electrons. The summed E-state index contributed by atoms with van der Waals surface area (Å²) in [4.78, 5) is 0. The van der Waals surface area contributed by atoms with Gasteiger partial charge in [-0.05, 0) is 108 Å². The van der Waals surface area contributed by atoms with Crippen molar-refractivity contribution in [3.8, 4) is 45.3 Å². The van der Waals surface area contributed by atoms with Gasteiger partial charge in [-0.25, -0.2) is 0 Å². The second-order valence-electron chi connectivity index (χ2n) is 11.4. The van der Waals surface area contributed by atoms with Gasteiger partial charge >= 0.3 is 0 Å². The van der Waals surface area contributed by atoms with Crippen LogP contribution in [0.2, 0.25) is 0 Å². The average Bonchev–Trinajstić information content (AvgIpc) is 3.91. The third-order valence-corrected chi connectivity index (χ3v) is 9.43. The zero-order chi connectivity index (χ0) is 35.9. The van der Waals surface area contributed by atoms with Gasteiger partial charge in [0, 0.05) is 22.5 Å². The van der Waals surface area contributed by atoms with Crippen molar-refractivity contribution in [2.75, 3.05) is 39.1 Å². The number of anilines is 4. The Morgan fingerprint density at radius 2 is 0.673 bits per heavy atom. The number of methoxy groups -OCH3 is 4. The fourth-order valence-electron chi connectivity index (χ4n) is 5.60. The minimum absolute atomic E-state index is 0.825. The Hall–Kier alpha value is -6.24. The summed E-state index contributed by atoms with van der Waals surface area (Å²) in [6.07, 6.45) is 0. The average molecular weight is 727 g/mol. The summed E-state index contributed by atoms with van der Waals surface area (Å²) >= 11 is 2.43. The van der Waals surface area contributed by atoms with Crippen LogP contribution >= 0.6 is 23.5 Å². The Bertz CT molecular complexity index is 2230. The lowest BCUT2D eigenvalue weighted by molar-refractivity contribution is 0.415. The first-order valence-electron chi connectivity index (χ1n) is 16.2. The molecule has 2 N–H and O–H groups in total. The van der Waals surface area contributed by atoms with E-state index in [9.17, 15) is 0 Å². The summed E-state index contributed by atoms with van der Waals surface area (Å²) in [7, 11) is 6.64. The number of fused-ring (bicyclic) bond motifs is 2. The highest BCUT2D eigenvalue weighted by Gasteiger charge is 2.14. The molecule has 0 spiro atoms. The second kappa shape index (κ2) is 15.8. The van der Waals surface area contributed by atoms with Crippen LogP contribution in [0, 0.1) is 0 Å². The maximum Gasteiger partial charge on any atom is 0.128 e. The van der Waals surface area contributed by atoms with Crippen LogP contribution in [0.25, 0.3) is 44.3 Å². The van der Waals surface area contributed by atoms with Crippen molar-refractivity contribution in [3.05, 3.63) is 121 Å². The maximum absolute atomic E-state index is 5.23. The Morgan fingerprint density at radius 3 is 1.00 bits per heavy atom. The fourth-order valence-corrected chi connectivity index (χ4v) is 6.75. The van der Waals surface area contributed by atoms with E-state index in [4.69, 9.17) is 18.9 Å². The largest absolute Gasteiger partial charge is 0.497 e. The SMILES string of the molecule is COc1ccc(Nc2ccc(-c3ccc(OC)cc3)c3nsnc23)cc1.COc1ccc(Nc2ccc(-c3ccc(OC)cc3)c3nsnc23)cc1. The van der Waals surface area contributed by atoms with E-state index in [1.54, 1.807) is 28.4 Å². The molecule has 0 bridgehead atoms. The summed E-state index contributed by atoms with van der Waals surface area (Å²) in [6, 6.07) is 39.7. The molecule has 0 aliphatic heterocycles. The zero-order valence-electron chi connectivity index (χ0n) is 28.8. The van der Waals surface area contributed by atoms with Crippen LogP contribution in [0.15, 0.2) is 121 Å². The van der Waals surface area contributed by atoms with E-state index in [2.05, 4.69) is 40.3 Å². The number of rotatable bonds is 10. The van der Waals surface area contributed by atoms with Gasteiger partial charge in [0.1, 0.15) is 45.1 Å². The van der Waals surface area contributed by atoms with E-state index >= 15 is 0 Å². The third-order valence-electron chi connectivity index (χ3n) is 8.37. The summed E-state index contributed by atoms with van der Waals surface area (Å²) < 4.78 is 38.9. The number of nitrogens with zero attached hydrogens (tertiary/aromatic N) is 4. The molecule has 8 aromatic rings. The minimum atomic E-state index is 0.825. The molecule has 260 valence electrons. The van der Waals surface area contributed by atoms with Gasteiger partial charge in [-0.1, -0.05) is 24.3 Å². The van der Waals surface area contributed by atoms with Gasteiger partial charge in [0.25, 0.3) is 0 Å². The van der Waals surface area contributed by atoms with Gasteiger partial charge in [-0.3, -0.25) is 0 Å². The summed E-state index contributed by atoms with van der Waals surface area (Å²) in [6.45, 7) is 0. The molecule has 0 amide bonds. The van der Waals surface area contributed by atoms with Gasteiger partial charge in [-0.15, -0.1) is 0 Å². The molecule has 0 unspecified atom stereocenters. The number of hydrogen-bond acceptors (Lipinski definition) is 12. The molecule has 12 heteroatoms. The van der Waals surface area contributed by atoms with Crippen molar-refractivity contribution >= 4 is 68.3 Å². The second-order valence-corrected chi connectivity index (χ2v) is 12.5. The number of aromatic nitrogens is 4. The highest BCUT2D eigenvalue weighted by molar-refractivity contribution is 7.00. The van der Waals surface area contributed by atoms with Crippen LogP contribution in [0.3, 0.4) is 0 Å². The van der Waals surface area contributed by atoms with Crippen LogP contribution in [0.1, 0.15) is 0 Å². The quantitative estimate of drug-likeness (QED) is 0.141. The van der Waals surface area contributed by atoms with E-state index in [0.29, 0.717) is 0 Å². The van der Waals surface area contributed by atoms with Crippen molar-refractivity contribution < 1.29 is 18.9 Å². The first kappa shape index (κ1) is 34.2. The Kier molecular flexibility index (Phi) is 10.4. The van der Waals surface area contributed by atoms with Gasteiger partial charge < -0.3 is 29.6 Å². The summed E-state index contributed by atoms with van der Waals surface area (Å²) in [5, 5.41) is 6.82. The van der Waals surface area contributed by atoms with Crippen molar-refractivity contribution in [3.63, 3.8) is 0 Å². The Balaban J connectivity index is 0.000000162. The van der Waals surface area contributed by atoms with Crippen LogP contribution in [0.4, 0.5) is 22.7 Å². The molecule has 10 nitrogen and oxygen atoms in total. The third kappa shape index (κ3) is 7.43. The molecule has 0 saturated heterocycles. The fraction of sp³-hybridized carbons (Fsp3) is 0.100. The van der Waals surface area contributed by atoms with Crippen molar-refractivity contribution in [2.24, 2.45) is 0 Å². The molecule has 2 aromatic heterocycles. The van der Waals surface area contributed by atoms with Crippen molar-refractivity contribution in [1.29, 1.82) is 0 Å². The molecule has 2 heterocycles. The van der Waals surface area contributed by atoms with Crippen molar-refractivity contribution in [2.45, 2.75) is 0 Å². The monoisotopic (exact) mass is 726 g/mol. The molecule has 8 rings (SSSR count). The van der Waals surface area contributed by atoms with Crippen LogP contribution in [-0.2, 0) is 0 Å². The molecule has 0 atom stereocenters. The lowest BCUT2D eigenvalue weighted by Crippen LogP contribution is -1.93. The predicted molar refractivity (Wildman–Crippen MR) is 211 cm³/mol. The molecule has 0 fully saturated rings. The summed E-state index contributed by atoms with van der Waals surface area (Å²) in [5.41, 5.74) is 11.6. The van der Waals surface area contributed by atoms with E-state index in [-0.39, 0.29) is 0 Å². The number of benzene rings is 6. The molecule has 0 aliphatic carbocycles. The molecule has 0 saturated carbocycles. The minimum Gasteiger partial charge on any atom is -0.497 e. The Morgan fingerprint density at radius 1 is 0.365 bits per heavy atom. The van der Waals surface area contributed by atoms with E-state index in [1.165, 1.54) is 23.5 Å². The van der Waals surface area contributed by atoms with Gasteiger partial charge in [-0.2, -0.15) is 17.5 Å². The summed E-state index contributed by atoms with van der Waals surface area (Å²) in [5.74, 6) is 3.31. The first-order chi connectivity index (χ1) is 25.6. The van der Waals surface area contributed by atoms with Crippen LogP contribution < -0.4 is 29.6 Å². The number of ether oxygens (including phenoxy) is 4. The maximum atomic E-state index is 5.23. The van der Waals surface area contributed by atoms with Gasteiger partial charge in [0.2, 0.25) is 0 Å². The predicted octanol–water partition coefficient (Wildman–Crippen LogP) is 10.2. The topological polar surface area (TPSA) is 113 Å². The van der Waals surface area contributed by atoms with E-state index in [1.807, 2.05) is 109 Å². The van der Waals surface area contributed by atoms with E-state index in [0.717, 1.165) is 90.1 Å². The molecule has 6 aromatic carbocycles. The van der Waals surface area contributed by atoms with Gasteiger partial charge in [0.05, 0.1) is 63.3 Å². The zero-order valence-corrected chi connectivity index (χ0v) is 30.4. The molecule has 0 aliphatic rings. The Labute approximate surface area is 309 Å². The lowest BCUT2D eigenvalue weighted by Gasteiger charge is -2.10. The highest BCUT2D eigenvalue weighted by Crippen LogP contribution is 2.36. The van der Waals surface area contributed by atoms with E-state index < -0.39 is 0 Å². The van der Waals surface area contributed by atoms with Crippen molar-refractivity contribution in [1.82, 2.24) is 17.5 Å². The highest BCUT2D eigenvalue weighted by atomic mass is 32.1. The smallest absolute Gasteiger partial charge is 0.128 e. The number of hydrogen-bond donors (Lipinski definition) is 2. The first-order valence-corrected chi connectivity index (χ1v) is 17.6. The molecular weight excluding hydrogens is 693 g/mol. The standard InChI is InChI=1S/2C20H17N3O2S/c2*1-24-15-7-3-13(4-8-15)17-11-12-18(20-19(17)22-26-23-20)21-14-5-9-16(25-2)10-6-14/h2*3-12,21H,1-2H3. The normalized spacial score (nSPS) is 10.7.